The SMILES string of the molecule is CCOC(=O)CCn1c(=O)c2c(nc3n(-c4ccc(OC)cc4)c(C)c(C)n23)n(C)c1=O. The zero-order valence-electron chi connectivity index (χ0n) is 18.7. The molecule has 4 rings (SSSR count). The molecule has 0 fully saturated rings. The van der Waals surface area contributed by atoms with Gasteiger partial charge in [-0.15, -0.1) is 0 Å². The van der Waals surface area contributed by atoms with Gasteiger partial charge >= 0.3 is 11.7 Å². The maximum Gasteiger partial charge on any atom is 0.332 e. The number of nitrogens with zero attached hydrogens (tertiary/aromatic N) is 5. The van der Waals surface area contributed by atoms with Gasteiger partial charge in [0.2, 0.25) is 5.78 Å². The lowest BCUT2D eigenvalue weighted by atomic mass is 10.3. The highest BCUT2D eigenvalue weighted by Crippen LogP contribution is 2.25. The summed E-state index contributed by atoms with van der Waals surface area (Å²) in [5, 5.41) is 0. The number of imidazole rings is 2. The second kappa shape index (κ2) is 8.03. The number of hydrogen-bond acceptors (Lipinski definition) is 6. The van der Waals surface area contributed by atoms with E-state index in [1.165, 1.54) is 4.57 Å². The Morgan fingerprint density at radius 1 is 1.09 bits per heavy atom. The minimum atomic E-state index is -0.530. The molecule has 3 heterocycles. The predicted octanol–water partition coefficient (Wildman–Crippen LogP) is 1.72. The number of esters is 1. The number of aryl methyl sites for hydroxylation is 2. The van der Waals surface area contributed by atoms with Gasteiger partial charge in [0.1, 0.15) is 5.75 Å². The van der Waals surface area contributed by atoms with Gasteiger partial charge in [-0.25, -0.2) is 4.79 Å². The van der Waals surface area contributed by atoms with Gasteiger partial charge in [-0.3, -0.25) is 27.7 Å². The first-order chi connectivity index (χ1) is 15.3. The molecule has 0 aliphatic heterocycles. The summed E-state index contributed by atoms with van der Waals surface area (Å²) in [5.41, 5.74) is 2.14. The standard InChI is InChI=1S/C22H25N5O5/c1-6-32-17(28)11-12-25-20(29)18-19(24(4)22(25)30)23-21-26(13(2)14(3)27(18)21)15-7-9-16(31-5)10-8-15/h7-10H,6,11-12H2,1-5H3. The van der Waals surface area contributed by atoms with Crippen LogP contribution in [0.25, 0.3) is 22.6 Å². The van der Waals surface area contributed by atoms with Crippen molar-refractivity contribution in [1.29, 1.82) is 0 Å². The molecule has 1 aromatic carbocycles. The molecular formula is C22H25N5O5. The van der Waals surface area contributed by atoms with Crippen molar-refractivity contribution in [2.75, 3.05) is 13.7 Å². The lowest BCUT2D eigenvalue weighted by Crippen LogP contribution is -2.40. The predicted molar refractivity (Wildman–Crippen MR) is 119 cm³/mol. The van der Waals surface area contributed by atoms with Crippen molar-refractivity contribution in [1.82, 2.24) is 23.1 Å². The van der Waals surface area contributed by atoms with E-state index in [0.717, 1.165) is 27.4 Å². The molecule has 32 heavy (non-hydrogen) atoms. The Hall–Kier alpha value is -3.82. The molecule has 0 saturated carbocycles. The second-order valence-electron chi connectivity index (χ2n) is 7.48. The van der Waals surface area contributed by atoms with E-state index < -0.39 is 17.2 Å². The maximum atomic E-state index is 13.4. The Bertz CT molecular complexity index is 1450. The summed E-state index contributed by atoms with van der Waals surface area (Å²) < 4.78 is 16.3. The lowest BCUT2D eigenvalue weighted by molar-refractivity contribution is -0.143. The first-order valence-electron chi connectivity index (χ1n) is 10.3. The monoisotopic (exact) mass is 439 g/mol. The number of carbonyl (C=O) groups excluding carboxylic acids is 1. The largest absolute Gasteiger partial charge is 0.497 e. The summed E-state index contributed by atoms with van der Waals surface area (Å²) in [5.74, 6) is 0.791. The highest BCUT2D eigenvalue weighted by Gasteiger charge is 2.23. The van der Waals surface area contributed by atoms with Gasteiger partial charge < -0.3 is 9.47 Å². The van der Waals surface area contributed by atoms with Crippen molar-refractivity contribution in [2.24, 2.45) is 7.05 Å². The van der Waals surface area contributed by atoms with Gasteiger partial charge in [-0.2, -0.15) is 4.98 Å². The zero-order valence-corrected chi connectivity index (χ0v) is 18.7. The molecule has 0 amide bonds. The van der Waals surface area contributed by atoms with Crippen molar-refractivity contribution in [3.63, 3.8) is 0 Å². The Labute approximate surface area is 183 Å². The van der Waals surface area contributed by atoms with Gasteiger partial charge in [0, 0.05) is 30.7 Å². The molecule has 0 unspecified atom stereocenters. The van der Waals surface area contributed by atoms with E-state index in [0.29, 0.717) is 11.3 Å². The van der Waals surface area contributed by atoms with Gasteiger partial charge in [-0.05, 0) is 45.0 Å². The number of carbonyl (C=O) groups is 1. The molecule has 10 nitrogen and oxygen atoms in total. The second-order valence-corrected chi connectivity index (χ2v) is 7.48. The molecule has 3 aromatic heterocycles. The first-order valence-corrected chi connectivity index (χ1v) is 10.3. The topological polar surface area (TPSA) is 102 Å². The van der Waals surface area contributed by atoms with Crippen molar-refractivity contribution in [2.45, 2.75) is 33.7 Å². The Morgan fingerprint density at radius 3 is 2.41 bits per heavy atom. The summed E-state index contributed by atoms with van der Waals surface area (Å²) in [6.07, 6.45) is -0.0681. The van der Waals surface area contributed by atoms with E-state index in [4.69, 9.17) is 9.47 Å². The third kappa shape index (κ3) is 3.19. The smallest absolute Gasteiger partial charge is 0.332 e. The van der Waals surface area contributed by atoms with Gasteiger partial charge in [0.15, 0.2) is 11.2 Å². The van der Waals surface area contributed by atoms with Crippen LogP contribution in [0.3, 0.4) is 0 Å². The number of methoxy groups -OCH3 is 1. The Kier molecular flexibility index (Phi) is 5.37. The van der Waals surface area contributed by atoms with Crippen LogP contribution in [-0.2, 0) is 23.1 Å². The quantitative estimate of drug-likeness (QED) is 0.424. The van der Waals surface area contributed by atoms with E-state index in [1.807, 2.05) is 42.7 Å². The number of hydrogen-bond donors (Lipinski definition) is 0. The van der Waals surface area contributed by atoms with E-state index in [2.05, 4.69) is 4.98 Å². The van der Waals surface area contributed by atoms with E-state index in [9.17, 15) is 14.4 Å². The van der Waals surface area contributed by atoms with Crippen LogP contribution >= 0.6 is 0 Å². The lowest BCUT2D eigenvalue weighted by Gasteiger charge is -2.09. The number of benzene rings is 1. The van der Waals surface area contributed by atoms with E-state index >= 15 is 0 Å². The van der Waals surface area contributed by atoms with Crippen LogP contribution in [0, 0.1) is 13.8 Å². The molecule has 0 spiro atoms. The molecule has 10 heteroatoms. The summed E-state index contributed by atoms with van der Waals surface area (Å²) in [6, 6.07) is 7.51. The molecule has 0 aliphatic carbocycles. The van der Waals surface area contributed by atoms with Gasteiger partial charge in [-0.1, -0.05) is 0 Å². The molecule has 0 N–H and O–H groups in total. The number of aromatic nitrogens is 5. The fourth-order valence-corrected chi connectivity index (χ4v) is 3.92. The summed E-state index contributed by atoms with van der Waals surface area (Å²) in [6.45, 7) is 5.73. The van der Waals surface area contributed by atoms with Crippen LogP contribution in [0.15, 0.2) is 33.9 Å². The number of rotatable bonds is 6. The molecule has 4 aromatic rings. The van der Waals surface area contributed by atoms with Crippen LogP contribution in [0.5, 0.6) is 5.75 Å². The van der Waals surface area contributed by atoms with Crippen LogP contribution in [-0.4, -0.2) is 42.8 Å². The van der Waals surface area contributed by atoms with E-state index in [1.54, 1.807) is 25.5 Å². The fourth-order valence-electron chi connectivity index (χ4n) is 3.92. The summed E-state index contributed by atoms with van der Waals surface area (Å²) in [7, 11) is 3.17. The fraction of sp³-hybridized carbons (Fsp3) is 0.364. The zero-order chi connectivity index (χ0) is 23.2. The Morgan fingerprint density at radius 2 is 1.78 bits per heavy atom. The number of fused-ring (bicyclic) bond motifs is 3. The first kappa shape index (κ1) is 21.4. The highest BCUT2D eigenvalue weighted by atomic mass is 16.5. The molecule has 168 valence electrons. The molecule has 0 aliphatic rings. The van der Waals surface area contributed by atoms with Crippen LogP contribution in [0.4, 0.5) is 0 Å². The van der Waals surface area contributed by atoms with Gasteiger partial charge in [0.05, 0.1) is 20.1 Å². The third-order valence-electron chi connectivity index (χ3n) is 5.69. The van der Waals surface area contributed by atoms with Crippen LogP contribution in [0.2, 0.25) is 0 Å². The van der Waals surface area contributed by atoms with Crippen molar-refractivity contribution in [3.8, 4) is 11.4 Å². The van der Waals surface area contributed by atoms with Crippen molar-refractivity contribution >= 4 is 22.9 Å². The highest BCUT2D eigenvalue weighted by molar-refractivity contribution is 5.77. The molecule has 0 bridgehead atoms. The van der Waals surface area contributed by atoms with E-state index in [-0.39, 0.29) is 25.2 Å². The minimum absolute atomic E-state index is 0.0648. The normalized spacial score (nSPS) is 11.4. The van der Waals surface area contributed by atoms with Crippen LogP contribution in [0.1, 0.15) is 24.7 Å². The molecule has 0 radical (unpaired) electrons. The van der Waals surface area contributed by atoms with Crippen LogP contribution < -0.4 is 16.0 Å². The molecular weight excluding hydrogens is 414 g/mol. The average Bonchev–Trinajstić information content (AvgIpc) is 3.28. The third-order valence-corrected chi connectivity index (χ3v) is 5.69. The van der Waals surface area contributed by atoms with Crippen molar-refractivity contribution < 1.29 is 14.3 Å². The van der Waals surface area contributed by atoms with Crippen molar-refractivity contribution in [3.05, 3.63) is 56.5 Å². The minimum Gasteiger partial charge on any atom is -0.497 e. The van der Waals surface area contributed by atoms with Gasteiger partial charge in [0.25, 0.3) is 5.56 Å². The number of ether oxygens (including phenoxy) is 2. The maximum absolute atomic E-state index is 13.4. The Balaban J connectivity index is 1.96. The summed E-state index contributed by atoms with van der Waals surface area (Å²) in [4.78, 5) is 42.6. The molecule has 0 saturated heterocycles. The molecule has 0 atom stereocenters. The average molecular weight is 439 g/mol. The summed E-state index contributed by atoms with van der Waals surface area (Å²) >= 11 is 0.